The summed E-state index contributed by atoms with van der Waals surface area (Å²) < 4.78 is 12.3. The molecular weight excluding hydrogens is 476 g/mol. The third-order valence-electron chi connectivity index (χ3n) is 6.75. The van der Waals surface area contributed by atoms with Gasteiger partial charge < -0.3 is 18.9 Å². The molecule has 10 heteroatoms. The summed E-state index contributed by atoms with van der Waals surface area (Å²) in [5, 5.41) is 11.2. The summed E-state index contributed by atoms with van der Waals surface area (Å²) in [5.74, 6) is -1.18. The van der Waals surface area contributed by atoms with Gasteiger partial charge in [0.05, 0.1) is 47.2 Å². The predicted octanol–water partition coefficient (Wildman–Crippen LogP) is 4.46. The van der Waals surface area contributed by atoms with Gasteiger partial charge in [0, 0.05) is 29.9 Å². The number of nitrogens with zero attached hydrogens (tertiary/aromatic N) is 4. The van der Waals surface area contributed by atoms with E-state index in [-0.39, 0.29) is 16.8 Å². The Labute approximate surface area is 213 Å². The molecule has 0 fully saturated rings. The minimum absolute atomic E-state index is 0.0964. The Hall–Kier alpha value is -4.47. The van der Waals surface area contributed by atoms with Crippen LogP contribution < -0.4 is 0 Å². The van der Waals surface area contributed by atoms with Crippen molar-refractivity contribution in [1.82, 2.24) is 14.5 Å². The van der Waals surface area contributed by atoms with Crippen molar-refractivity contribution in [2.45, 2.75) is 39.8 Å². The number of aromatic nitrogens is 2. The standard InChI is InChI=1S/C27H28N4O6/c1-6-22-28-20-9-7-8-10-21(20)30(22)15-29-16(2)23(26(32)36-4)25(24(17(29)3)27(33)37-5)18-11-13-19(14-12-18)31(34)35/h7-14,25H,6,15H2,1-5H3. The molecule has 0 amide bonds. The number of non-ortho nitro benzene ring substituents is 1. The fourth-order valence-electron chi connectivity index (χ4n) is 4.88. The zero-order chi connectivity index (χ0) is 26.9. The van der Waals surface area contributed by atoms with Crippen molar-refractivity contribution in [3.05, 3.63) is 92.6 Å². The number of aryl methyl sites for hydroxylation is 1. The fourth-order valence-corrected chi connectivity index (χ4v) is 4.88. The lowest BCUT2D eigenvalue weighted by molar-refractivity contribution is -0.384. The number of carbonyl (C=O) groups excluding carboxylic acids is 2. The van der Waals surface area contributed by atoms with Crippen LogP contribution in [0.1, 0.15) is 38.1 Å². The van der Waals surface area contributed by atoms with Gasteiger partial charge in [-0.3, -0.25) is 10.1 Å². The van der Waals surface area contributed by atoms with Gasteiger partial charge >= 0.3 is 11.9 Å². The van der Waals surface area contributed by atoms with Crippen molar-refractivity contribution in [2.75, 3.05) is 14.2 Å². The van der Waals surface area contributed by atoms with E-state index in [1.807, 2.05) is 36.1 Å². The maximum atomic E-state index is 13.2. The van der Waals surface area contributed by atoms with Gasteiger partial charge in [-0.1, -0.05) is 31.2 Å². The lowest BCUT2D eigenvalue weighted by Crippen LogP contribution is -2.36. The predicted molar refractivity (Wildman–Crippen MR) is 136 cm³/mol. The summed E-state index contributed by atoms with van der Waals surface area (Å²) in [6, 6.07) is 13.6. The molecule has 0 saturated heterocycles. The SMILES string of the molecule is CCc1nc2ccccc2n1CN1C(C)=C(C(=O)OC)C(c2ccc([N+](=O)[O-])cc2)C(C(=O)OC)=C1C. The smallest absolute Gasteiger partial charge is 0.336 e. The molecule has 2 heterocycles. The first kappa shape index (κ1) is 25.6. The number of hydrogen-bond acceptors (Lipinski definition) is 8. The molecule has 0 spiro atoms. The van der Waals surface area contributed by atoms with Crippen molar-refractivity contribution in [2.24, 2.45) is 0 Å². The molecule has 1 aromatic heterocycles. The Bertz CT molecular complexity index is 1410. The summed E-state index contributed by atoms with van der Waals surface area (Å²) in [6.45, 7) is 5.92. The van der Waals surface area contributed by atoms with Crippen LogP contribution in [0.15, 0.2) is 71.1 Å². The highest BCUT2D eigenvalue weighted by Crippen LogP contribution is 2.43. The molecular formula is C27H28N4O6. The van der Waals surface area contributed by atoms with E-state index in [2.05, 4.69) is 4.57 Å². The van der Waals surface area contributed by atoms with Crippen LogP contribution in [0.3, 0.4) is 0 Å². The number of para-hydroxylation sites is 2. The van der Waals surface area contributed by atoms with Gasteiger partial charge in [-0.2, -0.15) is 0 Å². The van der Waals surface area contributed by atoms with Gasteiger partial charge in [0.1, 0.15) is 12.5 Å². The molecule has 0 unspecified atom stereocenters. The normalized spacial score (nSPS) is 14.4. The number of carbonyl (C=O) groups is 2. The molecule has 4 rings (SSSR count). The first-order chi connectivity index (χ1) is 17.7. The van der Waals surface area contributed by atoms with Gasteiger partial charge in [0.2, 0.25) is 0 Å². The summed E-state index contributed by atoms with van der Waals surface area (Å²) in [6.07, 6.45) is 0.688. The van der Waals surface area contributed by atoms with Crippen molar-refractivity contribution < 1.29 is 24.0 Å². The number of esters is 2. The average molecular weight is 505 g/mol. The minimum atomic E-state index is -0.831. The maximum Gasteiger partial charge on any atom is 0.336 e. The highest BCUT2D eigenvalue weighted by atomic mass is 16.6. The van der Waals surface area contributed by atoms with Crippen LogP contribution in [-0.4, -0.2) is 45.5 Å². The molecule has 0 atom stereocenters. The van der Waals surface area contributed by atoms with Gasteiger partial charge in [0.15, 0.2) is 0 Å². The second-order valence-corrected chi connectivity index (χ2v) is 8.63. The van der Waals surface area contributed by atoms with Gasteiger partial charge in [-0.05, 0) is 31.5 Å². The molecule has 1 aliphatic rings. The summed E-state index contributed by atoms with van der Waals surface area (Å²) in [5.41, 5.74) is 3.92. The third kappa shape index (κ3) is 4.46. The topological polar surface area (TPSA) is 117 Å². The number of rotatable bonds is 7. The Morgan fingerprint density at radius 2 is 1.54 bits per heavy atom. The van der Waals surface area contributed by atoms with Crippen LogP contribution >= 0.6 is 0 Å². The van der Waals surface area contributed by atoms with E-state index in [1.54, 1.807) is 26.0 Å². The van der Waals surface area contributed by atoms with Gasteiger partial charge in [-0.15, -0.1) is 0 Å². The molecule has 3 aromatic rings. The molecule has 0 aliphatic carbocycles. The summed E-state index contributed by atoms with van der Waals surface area (Å²) in [4.78, 5) is 43.7. The Kier molecular flexibility index (Phi) is 7.10. The highest BCUT2D eigenvalue weighted by Gasteiger charge is 2.40. The van der Waals surface area contributed by atoms with Crippen molar-refractivity contribution in [3.8, 4) is 0 Å². The number of ether oxygens (including phenoxy) is 2. The Balaban J connectivity index is 1.93. The van der Waals surface area contributed by atoms with E-state index in [1.165, 1.54) is 26.4 Å². The van der Waals surface area contributed by atoms with Crippen molar-refractivity contribution in [3.63, 3.8) is 0 Å². The molecule has 0 bridgehead atoms. The van der Waals surface area contributed by atoms with E-state index in [0.29, 0.717) is 30.0 Å². The number of benzene rings is 2. The Morgan fingerprint density at radius 3 is 2.05 bits per heavy atom. The van der Waals surface area contributed by atoms with Gasteiger partial charge in [-0.25, -0.2) is 14.6 Å². The van der Waals surface area contributed by atoms with Crippen LogP contribution in [0.25, 0.3) is 11.0 Å². The van der Waals surface area contributed by atoms with Crippen molar-refractivity contribution >= 4 is 28.7 Å². The molecule has 1 aliphatic heterocycles. The number of allylic oxidation sites excluding steroid dienone is 2. The van der Waals surface area contributed by atoms with Gasteiger partial charge in [0.25, 0.3) is 5.69 Å². The minimum Gasteiger partial charge on any atom is -0.466 e. The van der Waals surface area contributed by atoms with Crippen LogP contribution in [0.5, 0.6) is 0 Å². The molecule has 10 nitrogen and oxygen atoms in total. The molecule has 0 N–H and O–H groups in total. The summed E-state index contributed by atoms with van der Waals surface area (Å²) in [7, 11) is 2.56. The first-order valence-corrected chi connectivity index (χ1v) is 11.8. The number of methoxy groups -OCH3 is 2. The number of hydrogen-bond donors (Lipinski definition) is 0. The summed E-state index contributed by atoms with van der Waals surface area (Å²) >= 11 is 0. The number of nitro benzene ring substituents is 1. The highest BCUT2D eigenvalue weighted by molar-refractivity contribution is 5.99. The lowest BCUT2D eigenvalue weighted by atomic mass is 9.79. The third-order valence-corrected chi connectivity index (χ3v) is 6.75. The fraction of sp³-hybridized carbons (Fsp3) is 0.296. The molecule has 0 radical (unpaired) electrons. The Morgan fingerprint density at radius 1 is 0.973 bits per heavy atom. The van der Waals surface area contributed by atoms with Crippen LogP contribution in [0.4, 0.5) is 5.69 Å². The molecule has 192 valence electrons. The van der Waals surface area contributed by atoms with Crippen LogP contribution in [-0.2, 0) is 32.2 Å². The van der Waals surface area contributed by atoms with Crippen molar-refractivity contribution in [1.29, 1.82) is 0 Å². The van der Waals surface area contributed by atoms with E-state index in [0.717, 1.165) is 16.9 Å². The van der Waals surface area contributed by atoms with Crippen LogP contribution in [0.2, 0.25) is 0 Å². The lowest BCUT2D eigenvalue weighted by Gasteiger charge is -2.38. The number of imidazole rings is 1. The molecule has 0 saturated carbocycles. The largest absolute Gasteiger partial charge is 0.466 e. The first-order valence-electron chi connectivity index (χ1n) is 11.8. The van der Waals surface area contributed by atoms with E-state index in [4.69, 9.17) is 14.5 Å². The molecule has 37 heavy (non-hydrogen) atoms. The second kappa shape index (κ2) is 10.3. The van der Waals surface area contributed by atoms with Crippen LogP contribution in [0, 0.1) is 10.1 Å². The monoisotopic (exact) mass is 504 g/mol. The quantitative estimate of drug-likeness (QED) is 0.263. The zero-order valence-electron chi connectivity index (χ0n) is 21.3. The van der Waals surface area contributed by atoms with E-state index in [9.17, 15) is 19.7 Å². The molecule has 2 aromatic carbocycles. The van der Waals surface area contributed by atoms with E-state index < -0.39 is 22.8 Å². The second-order valence-electron chi connectivity index (χ2n) is 8.63. The number of nitro groups is 1. The average Bonchev–Trinajstić information content (AvgIpc) is 3.27. The van der Waals surface area contributed by atoms with E-state index >= 15 is 0 Å². The maximum absolute atomic E-state index is 13.2. The number of fused-ring (bicyclic) bond motifs is 1. The zero-order valence-corrected chi connectivity index (χ0v) is 21.3.